The van der Waals surface area contributed by atoms with Crippen molar-refractivity contribution in [3.05, 3.63) is 68.1 Å². The molecule has 1 aliphatic heterocycles. The largest absolute Gasteiger partial charge is 0.298 e. The fourth-order valence-electron chi connectivity index (χ4n) is 3.51. The van der Waals surface area contributed by atoms with Gasteiger partial charge in [0.25, 0.3) is 5.56 Å². The Kier molecular flexibility index (Phi) is 6.00. The van der Waals surface area contributed by atoms with Gasteiger partial charge >= 0.3 is 0 Å². The topological polar surface area (TPSA) is 75.5 Å². The van der Waals surface area contributed by atoms with Crippen LogP contribution in [0.3, 0.4) is 0 Å². The van der Waals surface area contributed by atoms with Gasteiger partial charge in [-0.15, -0.1) is 0 Å². The summed E-state index contributed by atoms with van der Waals surface area (Å²) < 4.78 is 29.6. The van der Waals surface area contributed by atoms with Crippen molar-refractivity contribution in [2.45, 2.75) is 11.4 Å². The van der Waals surface area contributed by atoms with Gasteiger partial charge in [-0.05, 0) is 42.5 Å². The first kappa shape index (κ1) is 21.5. The van der Waals surface area contributed by atoms with Crippen molar-refractivity contribution in [1.82, 2.24) is 18.8 Å². The van der Waals surface area contributed by atoms with Gasteiger partial charge in [-0.25, -0.2) is 13.4 Å². The Morgan fingerprint density at radius 1 is 1.07 bits per heavy atom. The Morgan fingerprint density at radius 3 is 2.40 bits per heavy atom. The molecule has 10 heteroatoms. The zero-order chi connectivity index (χ0) is 21.5. The van der Waals surface area contributed by atoms with E-state index in [-0.39, 0.29) is 10.5 Å². The Morgan fingerprint density at radius 2 is 1.73 bits per heavy atom. The number of hydrogen-bond donors (Lipinski definition) is 0. The van der Waals surface area contributed by atoms with E-state index in [1.54, 1.807) is 49.5 Å². The van der Waals surface area contributed by atoms with E-state index in [1.165, 1.54) is 8.87 Å². The summed E-state index contributed by atoms with van der Waals surface area (Å²) in [5.74, 6) is 0.638. The predicted octanol–water partition coefficient (Wildman–Crippen LogP) is 2.86. The second kappa shape index (κ2) is 8.39. The van der Waals surface area contributed by atoms with Gasteiger partial charge in [-0.3, -0.25) is 14.3 Å². The number of sulfonamides is 1. The lowest BCUT2D eigenvalue weighted by Crippen LogP contribution is -2.48. The lowest BCUT2D eigenvalue weighted by Gasteiger charge is -2.34. The Balaban J connectivity index is 1.49. The molecule has 4 rings (SSSR count). The number of aromatic nitrogens is 2. The molecular formula is C20H20BrClN4O3S. The highest BCUT2D eigenvalue weighted by molar-refractivity contribution is 9.10. The van der Waals surface area contributed by atoms with Crippen molar-refractivity contribution in [2.75, 3.05) is 26.2 Å². The molecule has 7 nitrogen and oxygen atoms in total. The summed E-state index contributed by atoms with van der Waals surface area (Å²) in [7, 11) is -1.83. The van der Waals surface area contributed by atoms with Gasteiger partial charge in [0.2, 0.25) is 10.0 Å². The highest BCUT2D eigenvalue weighted by atomic mass is 79.9. The maximum absolute atomic E-state index is 12.9. The lowest BCUT2D eigenvalue weighted by atomic mass is 10.2. The first-order valence-electron chi connectivity index (χ1n) is 9.39. The average molecular weight is 512 g/mol. The van der Waals surface area contributed by atoms with Crippen LogP contribution in [-0.4, -0.2) is 53.4 Å². The molecule has 2 aromatic carbocycles. The van der Waals surface area contributed by atoms with Crippen molar-refractivity contribution >= 4 is 48.5 Å². The van der Waals surface area contributed by atoms with Gasteiger partial charge in [0.05, 0.1) is 22.3 Å². The molecule has 1 fully saturated rings. The average Bonchev–Trinajstić information content (AvgIpc) is 2.73. The quantitative estimate of drug-likeness (QED) is 0.538. The van der Waals surface area contributed by atoms with Gasteiger partial charge in [-0.1, -0.05) is 27.5 Å². The van der Waals surface area contributed by atoms with Crippen LogP contribution in [0.5, 0.6) is 0 Å². The predicted molar refractivity (Wildman–Crippen MR) is 120 cm³/mol. The molecule has 0 spiro atoms. The highest BCUT2D eigenvalue weighted by Gasteiger charge is 2.28. The number of benzene rings is 2. The van der Waals surface area contributed by atoms with E-state index in [9.17, 15) is 13.2 Å². The summed E-state index contributed by atoms with van der Waals surface area (Å²) in [5, 5.41) is 0.983. The molecule has 0 amide bonds. The zero-order valence-corrected chi connectivity index (χ0v) is 19.4. The number of hydrogen-bond acceptors (Lipinski definition) is 5. The molecule has 158 valence electrons. The maximum atomic E-state index is 12.9. The molecule has 0 atom stereocenters. The van der Waals surface area contributed by atoms with E-state index >= 15 is 0 Å². The van der Waals surface area contributed by atoms with Crippen LogP contribution in [0.1, 0.15) is 5.82 Å². The first-order valence-corrected chi connectivity index (χ1v) is 12.0. The van der Waals surface area contributed by atoms with Crippen LogP contribution in [-0.2, 0) is 23.6 Å². The second-order valence-electron chi connectivity index (χ2n) is 7.19. The highest BCUT2D eigenvalue weighted by Crippen LogP contribution is 2.21. The zero-order valence-electron chi connectivity index (χ0n) is 16.3. The Hall–Kier alpha value is -1.78. The second-order valence-corrected chi connectivity index (χ2v) is 10.5. The minimum atomic E-state index is -3.52. The Bertz CT molecular complexity index is 1250. The smallest absolute Gasteiger partial charge is 0.261 e. The van der Waals surface area contributed by atoms with Crippen LogP contribution < -0.4 is 5.56 Å². The summed E-state index contributed by atoms with van der Waals surface area (Å²) in [6.45, 7) is 2.36. The minimum Gasteiger partial charge on any atom is -0.298 e. The van der Waals surface area contributed by atoms with Gasteiger partial charge in [-0.2, -0.15) is 4.31 Å². The van der Waals surface area contributed by atoms with Gasteiger partial charge in [0.1, 0.15) is 5.82 Å². The molecule has 0 aliphatic carbocycles. The third kappa shape index (κ3) is 4.17. The van der Waals surface area contributed by atoms with Crippen LogP contribution in [0.25, 0.3) is 10.9 Å². The number of piperazine rings is 1. The van der Waals surface area contributed by atoms with Crippen molar-refractivity contribution in [2.24, 2.45) is 7.05 Å². The third-order valence-corrected chi connectivity index (χ3v) is 7.95. The summed E-state index contributed by atoms with van der Waals surface area (Å²) in [5.41, 5.74) is 0.461. The van der Waals surface area contributed by atoms with Crippen LogP contribution in [0.4, 0.5) is 0 Å². The van der Waals surface area contributed by atoms with Crippen molar-refractivity contribution in [1.29, 1.82) is 0 Å². The number of nitrogens with zero attached hydrogens (tertiary/aromatic N) is 4. The van der Waals surface area contributed by atoms with Crippen LogP contribution in [0.2, 0.25) is 5.02 Å². The number of rotatable bonds is 4. The summed E-state index contributed by atoms with van der Waals surface area (Å²) >= 11 is 9.33. The van der Waals surface area contributed by atoms with Crippen LogP contribution >= 0.6 is 27.5 Å². The SMILES string of the molecule is Cn1c(CN2CCN(S(=O)(=O)c3ccc(Br)cc3)CC2)nc2ccc(Cl)cc2c1=O. The van der Waals surface area contributed by atoms with E-state index in [4.69, 9.17) is 11.6 Å². The molecule has 1 saturated heterocycles. The molecule has 3 aromatic rings. The van der Waals surface area contributed by atoms with E-state index in [0.29, 0.717) is 54.5 Å². The molecule has 0 bridgehead atoms. The van der Waals surface area contributed by atoms with Gasteiger partial charge in [0, 0.05) is 42.7 Å². The molecule has 30 heavy (non-hydrogen) atoms. The van der Waals surface area contributed by atoms with E-state index in [0.717, 1.165) is 4.47 Å². The summed E-state index contributed by atoms with van der Waals surface area (Å²) in [6, 6.07) is 11.7. The molecule has 0 unspecified atom stereocenters. The lowest BCUT2D eigenvalue weighted by molar-refractivity contribution is 0.176. The molecule has 1 aromatic heterocycles. The molecule has 0 saturated carbocycles. The standard InChI is InChI=1S/C20H20BrClN4O3S/c1-24-19(23-18-7-4-15(22)12-17(18)20(24)27)13-25-8-10-26(11-9-25)30(28,29)16-5-2-14(21)3-6-16/h2-7,12H,8-11,13H2,1H3. The number of halogens is 2. The van der Waals surface area contributed by atoms with Crippen molar-refractivity contribution in [3.63, 3.8) is 0 Å². The fourth-order valence-corrected chi connectivity index (χ4v) is 5.37. The minimum absolute atomic E-state index is 0.144. The normalized spacial score (nSPS) is 16.2. The van der Waals surface area contributed by atoms with E-state index in [2.05, 4.69) is 25.8 Å². The van der Waals surface area contributed by atoms with E-state index < -0.39 is 10.0 Å². The molecule has 2 heterocycles. The first-order chi connectivity index (χ1) is 14.3. The van der Waals surface area contributed by atoms with Crippen molar-refractivity contribution < 1.29 is 8.42 Å². The molecule has 0 radical (unpaired) electrons. The van der Waals surface area contributed by atoms with Crippen LogP contribution in [0, 0.1) is 0 Å². The summed E-state index contributed by atoms with van der Waals surface area (Å²) in [6.07, 6.45) is 0. The summed E-state index contributed by atoms with van der Waals surface area (Å²) in [4.78, 5) is 19.7. The van der Waals surface area contributed by atoms with Crippen molar-refractivity contribution in [3.8, 4) is 0 Å². The molecule has 1 aliphatic rings. The molecular weight excluding hydrogens is 492 g/mol. The van der Waals surface area contributed by atoms with Gasteiger partial charge < -0.3 is 0 Å². The molecule has 0 N–H and O–H groups in total. The monoisotopic (exact) mass is 510 g/mol. The maximum Gasteiger partial charge on any atom is 0.261 e. The third-order valence-electron chi connectivity index (χ3n) is 5.28. The van der Waals surface area contributed by atoms with E-state index in [1.807, 2.05) is 0 Å². The fraction of sp³-hybridized carbons (Fsp3) is 0.300. The number of fused-ring (bicyclic) bond motifs is 1. The Labute approximate surface area is 188 Å². The van der Waals surface area contributed by atoms with Gasteiger partial charge in [0.15, 0.2) is 0 Å². The van der Waals surface area contributed by atoms with Crippen LogP contribution in [0.15, 0.2) is 56.6 Å².